The Morgan fingerprint density at radius 2 is 1.92 bits per heavy atom. The van der Waals surface area contributed by atoms with Gasteiger partial charge in [0.2, 0.25) is 12.4 Å². The van der Waals surface area contributed by atoms with Crippen molar-refractivity contribution in [1.82, 2.24) is 25.2 Å². The van der Waals surface area contributed by atoms with Crippen molar-refractivity contribution in [3.8, 4) is 0 Å². The van der Waals surface area contributed by atoms with E-state index >= 15 is 0 Å². The molecule has 0 bridgehead atoms. The lowest BCUT2D eigenvalue weighted by atomic mass is 10.2. The van der Waals surface area contributed by atoms with E-state index in [1.165, 1.54) is 12.4 Å². The fourth-order valence-electron chi connectivity index (χ4n) is 2.42. The molecule has 1 aliphatic rings. The van der Waals surface area contributed by atoms with E-state index in [9.17, 15) is 9.59 Å². The Morgan fingerprint density at radius 3 is 2.54 bits per heavy atom. The second-order valence-electron chi connectivity index (χ2n) is 5.44. The zero-order valence-electron chi connectivity index (χ0n) is 13.1. The number of rotatable bonds is 5. The molecule has 3 rings (SSSR count). The predicted octanol–water partition coefficient (Wildman–Crippen LogP) is 0.0800. The Balaban J connectivity index is 1.56. The summed E-state index contributed by atoms with van der Waals surface area (Å²) in [5.74, 6) is 0.348. The first-order valence-corrected chi connectivity index (χ1v) is 7.70. The Labute approximate surface area is 139 Å². The average Bonchev–Trinajstić information content (AvgIpc) is 2.67. The van der Waals surface area contributed by atoms with Gasteiger partial charge in [0.1, 0.15) is 0 Å². The molecule has 2 aromatic heterocycles. The monoisotopic (exact) mass is 326 g/mol. The van der Waals surface area contributed by atoms with Gasteiger partial charge in [0.05, 0.1) is 5.56 Å². The largest absolute Gasteiger partial charge is 0.348 e. The molecule has 0 atom stereocenters. The normalized spacial score (nSPS) is 14.3. The molecule has 24 heavy (non-hydrogen) atoms. The summed E-state index contributed by atoms with van der Waals surface area (Å²) in [6, 6.07) is 3.72. The second kappa shape index (κ2) is 7.49. The lowest BCUT2D eigenvalue weighted by Gasteiger charge is -2.32. The molecule has 0 unspecified atom stereocenters. The summed E-state index contributed by atoms with van der Waals surface area (Å²) in [6.07, 6.45) is 7.29. The lowest BCUT2D eigenvalue weighted by molar-refractivity contribution is -0.118. The number of amides is 2. The van der Waals surface area contributed by atoms with Crippen molar-refractivity contribution < 1.29 is 9.59 Å². The zero-order valence-corrected chi connectivity index (χ0v) is 13.1. The van der Waals surface area contributed by atoms with Crippen LogP contribution in [0.5, 0.6) is 0 Å². The van der Waals surface area contributed by atoms with Gasteiger partial charge in [-0.25, -0.2) is 9.97 Å². The van der Waals surface area contributed by atoms with Crippen molar-refractivity contribution in [3.05, 3.63) is 48.0 Å². The standard InChI is InChI=1S/C16H18N6O2/c23-12-21-4-6-22(7-5-21)16-19-10-14(11-20-16)15(24)18-9-13-2-1-3-17-8-13/h1-3,8,10-12H,4-7,9H2,(H,18,24). The third kappa shape index (κ3) is 3.83. The summed E-state index contributed by atoms with van der Waals surface area (Å²) in [4.78, 5) is 39.1. The molecule has 2 amide bonds. The Morgan fingerprint density at radius 1 is 1.17 bits per heavy atom. The van der Waals surface area contributed by atoms with Crippen LogP contribution in [0.1, 0.15) is 15.9 Å². The van der Waals surface area contributed by atoms with Gasteiger partial charge < -0.3 is 15.1 Å². The molecule has 2 aromatic rings. The van der Waals surface area contributed by atoms with Crippen LogP contribution in [-0.2, 0) is 11.3 Å². The highest BCUT2D eigenvalue weighted by atomic mass is 16.1. The molecular weight excluding hydrogens is 308 g/mol. The summed E-state index contributed by atoms with van der Waals surface area (Å²) in [6.45, 7) is 3.08. The average molecular weight is 326 g/mol. The maximum absolute atomic E-state index is 12.1. The molecule has 1 aliphatic heterocycles. The molecule has 8 nitrogen and oxygen atoms in total. The lowest BCUT2D eigenvalue weighted by Crippen LogP contribution is -2.46. The first kappa shape index (κ1) is 15.9. The number of nitrogens with one attached hydrogen (secondary N) is 1. The van der Waals surface area contributed by atoms with E-state index in [0.29, 0.717) is 44.2 Å². The number of carbonyl (C=O) groups is 2. The molecule has 0 saturated carbocycles. The molecule has 1 saturated heterocycles. The fourth-order valence-corrected chi connectivity index (χ4v) is 2.42. The molecule has 0 aromatic carbocycles. The molecule has 3 heterocycles. The van der Waals surface area contributed by atoms with Gasteiger partial charge in [0.15, 0.2) is 0 Å². The minimum atomic E-state index is -0.226. The second-order valence-corrected chi connectivity index (χ2v) is 5.44. The number of hydrogen-bond acceptors (Lipinski definition) is 6. The van der Waals surface area contributed by atoms with Crippen LogP contribution in [0.25, 0.3) is 0 Å². The quantitative estimate of drug-likeness (QED) is 0.783. The first-order chi connectivity index (χ1) is 11.8. The summed E-state index contributed by atoms with van der Waals surface area (Å²) in [5.41, 5.74) is 1.34. The van der Waals surface area contributed by atoms with Crippen molar-refractivity contribution in [2.45, 2.75) is 6.54 Å². The topological polar surface area (TPSA) is 91.3 Å². The van der Waals surface area contributed by atoms with Crippen LogP contribution in [0.3, 0.4) is 0 Å². The maximum Gasteiger partial charge on any atom is 0.254 e. The number of nitrogens with zero attached hydrogens (tertiary/aromatic N) is 5. The number of anilines is 1. The third-order valence-electron chi connectivity index (χ3n) is 3.82. The zero-order chi connectivity index (χ0) is 16.8. The van der Waals surface area contributed by atoms with Gasteiger partial charge in [-0.15, -0.1) is 0 Å². The van der Waals surface area contributed by atoms with E-state index in [0.717, 1.165) is 12.0 Å². The predicted molar refractivity (Wildman–Crippen MR) is 87.3 cm³/mol. The van der Waals surface area contributed by atoms with Crippen LogP contribution in [0.2, 0.25) is 0 Å². The van der Waals surface area contributed by atoms with E-state index in [2.05, 4.69) is 20.3 Å². The Hall–Kier alpha value is -3.03. The van der Waals surface area contributed by atoms with E-state index in [1.54, 1.807) is 17.3 Å². The molecule has 8 heteroatoms. The van der Waals surface area contributed by atoms with Crippen molar-refractivity contribution >= 4 is 18.3 Å². The van der Waals surface area contributed by atoms with E-state index in [1.807, 2.05) is 17.0 Å². The summed E-state index contributed by atoms with van der Waals surface area (Å²) >= 11 is 0. The van der Waals surface area contributed by atoms with Gasteiger partial charge in [-0.2, -0.15) is 0 Å². The molecule has 0 spiro atoms. The van der Waals surface area contributed by atoms with Crippen molar-refractivity contribution in [3.63, 3.8) is 0 Å². The highest BCUT2D eigenvalue weighted by Gasteiger charge is 2.18. The number of hydrogen-bond donors (Lipinski definition) is 1. The highest BCUT2D eigenvalue weighted by molar-refractivity contribution is 5.93. The number of aromatic nitrogens is 3. The summed E-state index contributed by atoms with van der Waals surface area (Å²) in [7, 11) is 0. The first-order valence-electron chi connectivity index (χ1n) is 7.70. The third-order valence-corrected chi connectivity index (χ3v) is 3.82. The van der Waals surface area contributed by atoms with Crippen LogP contribution in [0.15, 0.2) is 36.9 Å². The summed E-state index contributed by atoms with van der Waals surface area (Å²) < 4.78 is 0. The van der Waals surface area contributed by atoms with Gasteiger partial charge >= 0.3 is 0 Å². The van der Waals surface area contributed by atoms with E-state index in [4.69, 9.17) is 0 Å². The van der Waals surface area contributed by atoms with Gasteiger partial charge in [0.25, 0.3) is 5.91 Å². The van der Waals surface area contributed by atoms with Gasteiger partial charge in [-0.3, -0.25) is 14.6 Å². The van der Waals surface area contributed by atoms with Crippen molar-refractivity contribution in [2.75, 3.05) is 31.1 Å². The Bertz CT molecular complexity index is 683. The van der Waals surface area contributed by atoms with Crippen LogP contribution in [0.4, 0.5) is 5.95 Å². The highest BCUT2D eigenvalue weighted by Crippen LogP contribution is 2.10. The van der Waals surface area contributed by atoms with Crippen LogP contribution >= 0.6 is 0 Å². The van der Waals surface area contributed by atoms with E-state index < -0.39 is 0 Å². The van der Waals surface area contributed by atoms with Gasteiger partial charge in [0, 0.05) is 57.5 Å². The SMILES string of the molecule is O=CN1CCN(c2ncc(C(=O)NCc3cccnc3)cn2)CC1. The fraction of sp³-hybridized carbons (Fsp3) is 0.312. The van der Waals surface area contributed by atoms with Gasteiger partial charge in [-0.05, 0) is 11.6 Å². The minimum Gasteiger partial charge on any atom is -0.348 e. The number of piperazine rings is 1. The van der Waals surface area contributed by atoms with Crippen LogP contribution < -0.4 is 10.2 Å². The molecule has 124 valence electrons. The van der Waals surface area contributed by atoms with Crippen LogP contribution in [0, 0.1) is 0 Å². The maximum atomic E-state index is 12.1. The van der Waals surface area contributed by atoms with Gasteiger partial charge in [-0.1, -0.05) is 6.07 Å². The molecule has 0 aliphatic carbocycles. The smallest absolute Gasteiger partial charge is 0.254 e. The molecule has 1 N–H and O–H groups in total. The number of carbonyl (C=O) groups excluding carboxylic acids is 2. The minimum absolute atomic E-state index is 0.226. The Kier molecular flexibility index (Phi) is 4.95. The van der Waals surface area contributed by atoms with Crippen molar-refractivity contribution in [2.24, 2.45) is 0 Å². The van der Waals surface area contributed by atoms with E-state index in [-0.39, 0.29) is 5.91 Å². The van der Waals surface area contributed by atoms with Crippen LogP contribution in [-0.4, -0.2) is 58.3 Å². The molecule has 0 radical (unpaired) electrons. The molecular formula is C16H18N6O2. The molecule has 1 fully saturated rings. The number of pyridine rings is 1. The summed E-state index contributed by atoms with van der Waals surface area (Å²) in [5, 5.41) is 2.81. The van der Waals surface area contributed by atoms with Crippen molar-refractivity contribution in [1.29, 1.82) is 0 Å².